The van der Waals surface area contributed by atoms with Crippen LogP contribution in [0.15, 0.2) is 0 Å². The summed E-state index contributed by atoms with van der Waals surface area (Å²) in [6, 6.07) is 0. The average Bonchev–Trinajstić information content (AvgIpc) is 1.59. The quantitative estimate of drug-likeness (QED) is 0.603. The first-order valence-electron chi connectivity index (χ1n) is 3.72. The maximum atomic E-state index is 2.26. The van der Waals surface area contributed by atoms with Gasteiger partial charge in [-0.2, -0.15) is 0 Å². The molecule has 0 spiro atoms. The second-order valence-electron chi connectivity index (χ2n) is 3.87. The summed E-state index contributed by atoms with van der Waals surface area (Å²) >= 11 is 0. The molecule has 0 aliphatic heterocycles. The highest BCUT2D eigenvalue weighted by Gasteiger charge is 2.10. The first-order chi connectivity index (χ1) is 4.42. The summed E-state index contributed by atoms with van der Waals surface area (Å²) in [5, 5.41) is 0. The van der Waals surface area contributed by atoms with E-state index in [-0.39, 0.29) is 0 Å². The lowest BCUT2D eigenvalue weighted by atomic mass is 10.3. The van der Waals surface area contributed by atoms with Crippen LogP contribution in [0, 0.1) is 5.92 Å². The third kappa shape index (κ3) is 8.70. The first kappa shape index (κ1) is 10.7. The number of rotatable bonds is 3. The maximum absolute atomic E-state index is 2.26. The largest absolute Gasteiger partial charge is 0.0934 e. The van der Waals surface area contributed by atoms with Crippen molar-refractivity contribution in [3.8, 4) is 0 Å². The smallest absolute Gasteiger partial charge is 0.0179 e. The molecule has 62 valence electrons. The van der Waals surface area contributed by atoms with Crippen LogP contribution in [-0.4, -0.2) is 10.5 Å². The van der Waals surface area contributed by atoms with Gasteiger partial charge in [0.15, 0.2) is 0 Å². The summed E-state index contributed by atoms with van der Waals surface area (Å²) in [5.74, 6) is 2.09. The molecule has 10 heavy (non-hydrogen) atoms. The highest BCUT2D eigenvalue weighted by atomic mass is 33.1. The van der Waals surface area contributed by atoms with Gasteiger partial charge in [-0.05, 0) is 5.92 Å². The van der Waals surface area contributed by atoms with Gasteiger partial charge in [0.1, 0.15) is 0 Å². The molecule has 0 nitrogen and oxygen atoms in total. The molecule has 0 aromatic heterocycles. The fraction of sp³-hybridized carbons (Fsp3) is 1.00. The van der Waals surface area contributed by atoms with Gasteiger partial charge in [0.05, 0.1) is 0 Å². The Morgan fingerprint density at radius 1 is 1.20 bits per heavy atom. The molecular formula is C8H18S2. The zero-order valence-electron chi connectivity index (χ0n) is 7.60. The molecule has 0 heterocycles. The van der Waals surface area contributed by atoms with Crippen molar-refractivity contribution in [2.75, 3.05) is 5.75 Å². The minimum absolute atomic E-state index is 0.416. The molecule has 0 saturated heterocycles. The lowest BCUT2D eigenvalue weighted by Crippen LogP contribution is -2.05. The van der Waals surface area contributed by atoms with Gasteiger partial charge in [0, 0.05) is 10.5 Å². The van der Waals surface area contributed by atoms with E-state index in [9.17, 15) is 0 Å². The van der Waals surface area contributed by atoms with Crippen LogP contribution in [0.25, 0.3) is 0 Å². The fourth-order valence-electron chi connectivity index (χ4n) is 0.347. The standard InChI is InChI=1S/C8H18S2/c1-7(2)6-9-10-8(3,4)5/h7H,6H2,1-5H3. The third-order valence-corrected chi connectivity index (χ3v) is 4.39. The third-order valence-electron chi connectivity index (χ3n) is 0.710. The molecule has 0 fully saturated rings. The molecule has 0 aliphatic rings. The van der Waals surface area contributed by atoms with Crippen molar-refractivity contribution in [1.82, 2.24) is 0 Å². The van der Waals surface area contributed by atoms with Crippen molar-refractivity contribution in [1.29, 1.82) is 0 Å². The Morgan fingerprint density at radius 3 is 2.00 bits per heavy atom. The van der Waals surface area contributed by atoms with Crippen LogP contribution >= 0.6 is 21.6 Å². The van der Waals surface area contributed by atoms with E-state index in [0.29, 0.717) is 4.75 Å². The van der Waals surface area contributed by atoms with Crippen LogP contribution in [0.4, 0.5) is 0 Å². The van der Waals surface area contributed by atoms with Crippen LogP contribution in [0.5, 0.6) is 0 Å². The minimum atomic E-state index is 0.416. The predicted molar refractivity (Wildman–Crippen MR) is 54.6 cm³/mol. The molecule has 0 aromatic rings. The fourth-order valence-corrected chi connectivity index (χ4v) is 3.12. The van der Waals surface area contributed by atoms with Crippen molar-refractivity contribution < 1.29 is 0 Å². The molecule has 2 heteroatoms. The topological polar surface area (TPSA) is 0 Å². The molecule has 0 amide bonds. The van der Waals surface area contributed by atoms with Crippen LogP contribution in [-0.2, 0) is 0 Å². The van der Waals surface area contributed by atoms with E-state index in [0.717, 1.165) is 5.92 Å². The van der Waals surface area contributed by atoms with E-state index in [1.54, 1.807) is 0 Å². The first-order valence-corrected chi connectivity index (χ1v) is 6.04. The molecule has 0 bridgehead atoms. The minimum Gasteiger partial charge on any atom is -0.0934 e. The lowest BCUT2D eigenvalue weighted by molar-refractivity contribution is 0.752. The van der Waals surface area contributed by atoms with Crippen molar-refractivity contribution in [3.05, 3.63) is 0 Å². The summed E-state index contributed by atoms with van der Waals surface area (Å²) in [7, 11) is 3.96. The zero-order chi connectivity index (χ0) is 8.20. The molecule has 0 rings (SSSR count). The SMILES string of the molecule is CC(C)CSSC(C)(C)C. The monoisotopic (exact) mass is 178 g/mol. The van der Waals surface area contributed by atoms with E-state index in [1.807, 2.05) is 21.6 Å². The average molecular weight is 178 g/mol. The van der Waals surface area contributed by atoms with Crippen molar-refractivity contribution >= 4 is 21.6 Å². The molecule has 0 atom stereocenters. The van der Waals surface area contributed by atoms with E-state index in [2.05, 4.69) is 34.6 Å². The summed E-state index contributed by atoms with van der Waals surface area (Å²) < 4.78 is 0.416. The molecule has 0 aliphatic carbocycles. The Balaban J connectivity index is 3.21. The van der Waals surface area contributed by atoms with Crippen LogP contribution in [0.3, 0.4) is 0 Å². The molecule has 0 N–H and O–H groups in total. The molecule has 0 radical (unpaired) electrons. The molecule has 0 saturated carbocycles. The number of hydrogen-bond acceptors (Lipinski definition) is 2. The van der Waals surface area contributed by atoms with E-state index >= 15 is 0 Å². The van der Waals surface area contributed by atoms with Gasteiger partial charge in [-0.1, -0.05) is 56.2 Å². The van der Waals surface area contributed by atoms with E-state index in [4.69, 9.17) is 0 Å². The predicted octanol–water partition coefficient (Wildman–Crippen LogP) is 3.82. The van der Waals surface area contributed by atoms with Gasteiger partial charge in [-0.25, -0.2) is 0 Å². The van der Waals surface area contributed by atoms with Crippen LogP contribution in [0.1, 0.15) is 34.6 Å². The van der Waals surface area contributed by atoms with Gasteiger partial charge < -0.3 is 0 Å². The van der Waals surface area contributed by atoms with E-state index < -0.39 is 0 Å². The normalized spacial score (nSPS) is 12.6. The van der Waals surface area contributed by atoms with Gasteiger partial charge in [0.2, 0.25) is 0 Å². The summed E-state index contributed by atoms with van der Waals surface area (Å²) in [4.78, 5) is 0. The Bertz CT molecular complexity index is 81.7. The van der Waals surface area contributed by atoms with Crippen molar-refractivity contribution in [3.63, 3.8) is 0 Å². The number of hydrogen-bond donors (Lipinski definition) is 0. The highest BCUT2D eigenvalue weighted by Crippen LogP contribution is 2.35. The summed E-state index contributed by atoms with van der Waals surface area (Å²) in [6.07, 6.45) is 0. The van der Waals surface area contributed by atoms with Gasteiger partial charge in [-0.15, -0.1) is 0 Å². The second-order valence-corrected chi connectivity index (χ2v) is 7.04. The Kier molecular flexibility index (Phi) is 4.87. The van der Waals surface area contributed by atoms with Crippen molar-refractivity contribution in [2.45, 2.75) is 39.4 Å². The lowest BCUT2D eigenvalue weighted by Gasteiger charge is -2.16. The Morgan fingerprint density at radius 2 is 1.70 bits per heavy atom. The highest BCUT2D eigenvalue weighted by molar-refractivity contribution is 8.77. The zero-order valence-corrected chi connectivity index (χ0v) is 9.23. The van der Waals surface area contributed by atoms with Gasteiger partial charge in [0.25, 0.3) is 0 Å². The Labute approximate surface area is 72.9 Å². The van der Waals surface area contributed by atoms with Crippen LogP contribution < -0.4 is 0 Å². The van der Waals surface area contributed by atoms with Gasteiger partial charge in [-0.3, -0.25) is 0 Å². The molecule has 0 unspecified atom stereocenters. The summed E-state index contributed by atoms with van der Waals surface area (Å²) in [5.41, 5.74) is 0. The van der Waals surface area contributed by atoms with Crippen molar-refractivity contribution in [2.24, 2.45) is 5.92 Å². The van der Waals surface area contributed by atoms with Crippen LogP contribution in [0.2, 0.25) is 0 Å². The second kappa shape index (κ2) is 4.55. The Hall–Kier alpha value is 0.700. The van der Waals surface area contributed by atoms with Gasteiger partial charge >= 0.3 is 0 Å². The molecular weight excluding hydrogens is 160 g/mol. The van der Waals surface area contributed by atoms with E-state index in [1.165, 1.54) is 5.75 Å². The molecule has 0 aromatic carbocycles. The maximum Gasteiger partial charge on any atom is 0.0179 e. The summed E-state index contributed by atoms with van der Waals surface area (Å²) in [6.45, 7) is 11.3.